The Morgan fingerprint density at radius 3 is 2.80 bits per heavy atom. The van der Waals surface area contributed by atoms with Crippen molar-refractivity contribution in [2.45, 2.75) is 56.2 Å². The van der Waals surface area contributed by atoms with Crippen molar-refractivity contribution in [3.63, 3.8) is 0 Å². The van der Waals surface area contributed by atoms with Crippen LogP contribution in [0.25, 0.3) is 0 Å². The molecule has 1 aromatic carbocycles. The van der Waals surface area contributed by atoms with Gasteiger partial charge in [0.2, 0.25) is 11.8 Å². The minimum Gasteiger partial charge on any atom is -0.416 e. The smallest absolute Gasteiger partial charge is 0.277 e. The quantitative estimate of drug-likeness (QED) is 0.779. The second-order valence-corrected chi connectivity index (χ2v) is 7.79. The zero-order chi connectivity index (χ0) is 17.1. The first-order chi connectivity index (χ1) is 12.3. The Bertz CT molecular complexity index is 740. The minimum absolute atomic E-state index is 0.136. The summed E-state index contributed by atoms with van der Waals surface area (Å²) in [4.78, 5) is 14.4. The molecule has 2 heterocycles. The lowest BCUT2D eigenvalue weighted by Crippen LogP contribution is -2.37. The van der Waals surface area contributed by atoms with Gasteiger partial charge in [0, 0.05) is 19.0 Å². The molecule has 0 N–H and O–H groups in total. The molecule has 1 amide bonds. The lowest BCUT2D eigenvalue weighted by Gasteiger charge is -2.28. The van der Waals surface area contributed by atoms with Gasteiger partial charge in [-0.1, -0.05) is 55.3 Å². The number of rotatable bonds is 4. The summed E-state index contributed by atoms with van der Waals surface area (Å²) in [6.07, 6.45) is 6.99. The standard InChI is InChI=1S/C19H23N3O2S/c23-17(22-11-10-14-6-4-5-9-16(14)12-22)13-25-19-21-20-18(24-19)15-7-2-1-3-8-15/h4-6,9,15H,1-3,7-8,10-13H2. The molecule has 5 nitrogen and oxygen atoms in total. The molecule has 2 aromatic rings. The van der Waals surface area contributed by atoms with Gasteiger partial charge in [-0.05, 0) is 30.4 Å². The topological polar surface area (TPSA) is 59.2 Å². The highest BCUT2D eigenvalue weighted by molar-refractivity contribution is 7.99. The summed E-state index contributed by atoms with van der Waals surface area (Å²) in [6, 6.07) is 8.35. The normalized spacial score (nSPS) is 18.2. The predicted octanol–water partition coefficient (Wildman–Crippen LogP) is 3.79. The average molecular weight is 357 g/mol. The minimum atomic E-state index is 0.136. The Balaban J connectivity index is 1.31. The number of aromatic nitrogens is 2. The van der Waals surface area contributed by atoms with Crippen LogP contribution < -0.4 is 0 Å². The van der Waals surface area contributed by atoms with Crippen molar-refractivity contribution < 1.29 is 9.21 Å². The fourth-order valence-corrected chi connectivity index (χ4v) is 4.39. The molecule has 0 bridgehead atoms. The fourth-order valence-electron chi connectivity index (χ4n) is 3.72. The number of benzene rings is 1. The van der Waals surface area contributed by atoms with Crippen LogP contribution in [-0.2, 0) is 17.8 Å². The summed E-state index contributed by atoms with van der Waals surface area (Å²) in [6.45, 7) is 1.49. The highest BCUT2D eigenvalue weighted by Crippen LogP contribution is 2.33. The van der Waals surface area contributed by atoms with Crippen molar-refractivity contribution in [1.82, 2.24) is 15.1 Å². The van der Waals surface area contributed by atoms with Crippen molar-refractivity contribution >= 4 is 17.7 Å². The number of fused-ring (bicyclic) bond motifs is 1. The molecule has 0 atom stereocenters. The predicted molar refractivity (Wildman–Crippen MR) is 96.4 cm³/mol. The molecule has 0 radical (unpaired) electrons. The maximum atomic E-state index is 12.5. The Kier molecular flexibility index (Phi) is 5.06. The van der Waals surface area contributed by atoms with Crippen molar-refractivity contribution in [3.8, 4) is 0 Å². The first kappa shape index (κ1) is 16.6. The van der Waals surface area contributed by atoms with Crippen LogP contribution in [0.15, 0.2) is 33.9 Å². The Morgan fingerprint density at radius 1 is 1.16 bits per heavy atom. The van der Waals surface area contributed by atoms with E-state index in [0.717, 1.165) is 31.7 Å². The number of thioether (sulfide) groups is 1. The fraction of sp³-hybridized carbons (Fsp3) is 0.526. The number of amides is 1. The molecule has 2 aliphatic rings. The van der Waals surface area contributed by atoms with Crippen molar-refractivity contribution in [3.05, 3.63) is 41.3 Å². The van der Waals surface area contributed by atoms with Crippen LogP contribution in [0.5, 0.6) is 0 Å². The van der Waals surface area contributed by atoms with Crippen molar-refractivity contribution in [1.29, 1.82) is 0 Å². The molecule has 132 valence electrons. The molecular weight excluding hydrogens is 334 g/mol. The van der Waals surface area contributed by atoms with E-state index < -0.39 is 0 Å². The lowest BCUT2D eigenvalue weighted by molar-refractivity contribution is -0.129. The molecule has 1 aliphatic carbocycles. The van der Waals surface area contributed by atoms with Crippen LogP contribution >= 0.6 is 11.8 Å². The molecule has 4 rings (SSSR count). The second-order valence-electron chi connectivity index (χ2n) is 6.86. The van der Waals surface area contributed by atoms with E-state index in [0.29, 0.717) is 23.4 Å². The number of hydrogen-bond donors (Lipinski definition) is 0. The summed E-state index contributed by atoms with van der Waals surface area (Å²) in [7, 11) is 0. The van der Waals surface area contributed by atoms with E-state index in [1.165, 1.54) is 42.2 Å². The van der Waals surface area contributed by atoms with Crippen LogP contribution in [0.2, 0.25) is 0 Å². The number of carbonyl (C=O) groups excluding carboxylic acids is 1. The van der Waals surface area contributed by atoms with Crippen LogP contribution in [-0.4, -0.2) is 33.3 Å². The van der Waals surface area contributed by atoms with E-state index >= 15 is 0 Å². The van der Waals surface area contributed by atoms with Gasteiger partial charge in [0.25, 0.3) is 5.22 Å². The third-order valence-corrected chi connectivity index (χ3v) is 5.98. The first-order valence-electron chi connectivity index (χ1n) is 9.10. The van der Waals surface area contributed by atoms with E-state index in [4.69, 9.17) is 4.42 Å². The second kappa shape index (κ2) is 7.60. The van der Waals surface area contributed by atoms with E-state index in [-0.39, 0.29) is 5.91 Å². The first-order valence-corrected chi connectivity index (χ1v) is 10.1. The van der Waals surface area contributed by atoms with E-state index in [9.17, 15) is 4.79 Å². The van der Waals surface area contributed by atoms with Crippen LogP contribution in [0.1, 0.15) is 55.0 Å². The molecular formula is C19H23N3O2S. The molecule has 0 saturated heterocycles. The summed E-state index contributed by atoms with van der Waals surface area (Å²) >= 11 is 1.36. The van der Waals surface area contributed by atoms with Gasteiger partial charge in [-0.3, -0.25) is 4.79 Å². The summed E-state index contributed by atoms with van der Waals surface area (Å²) in [5.74, 6) is 1.65. The third kappa shape index (κ3) is 3.89. The molecule has 25 heavy (non-hydrogen) atoms. The van der Waals surface area contributed by atoms with Gasteiger partial charge in [-0.2, -0.15) is 0 Å². The molecule has 6 heteroatoms. The SMILES string of the molecule is O=C(CSc1nnc(C2CCCCC2)o1)N1CCc2ccccc2C1. The molecule has 0 unspecified atom stereocenters. The van der Waals surface area contributed by atoms with Gasteiger partial charge < -0.3 is 9.32 Å². The Hall–Kier alpha value is -1.82. The van der Waals surface area contributed by atoms with Crippen LogP contribution in [0, 0.1) is 0 Å². The monoisotopic (exact) mass is 357 g/mol. The molecule has 1 fully saturated rings. The molecule has 1 aromatic heterocycles. The highest BCUT2D eigenvalue weighted by Gasteiger charge is 2.23. The molecule has 1 saturated carbocycles. The van der Waals surface area contributed by atoms with Gasteiger partial charge >= 0.3 is 0 Å². The van der Waals surface area contributed by atoms with Crippen molar-refractivity contribution in [2.24, 2.45) is 0 Å². The highest BCUT2D eigenvalue weighted by atomic mass is 32.2. The van der Waals surface area contributed by atoms with Gasteiger partial charge in [0.05, 0.1) is 5.75 Å². The summed E-state index contributed by atoms with van der Waals surface area (Å²) < 4.78 is 5.79. The summed E-state index contributed by atoms with van der Waals surface area (Å²) in [5, 5.41) is 8.84. The van der Waals surface area contributed by atoms with Crippen LogP contribution in [0.4, 0.5) is 0 Å². The van der Waals surface area contributed by atoms with E-state index in [2.05, 4.69) is 28.4 Å². The Labute approximate surface area is 152 Å². The zero-order valence-electron chi connectivity index (χ0n) is 14.3. The number of carbonyl (C=O) groups is 1. The number of hydrogen-bond acceptors (Lipinski definition) is 5. The molecule has 1 aliphatic heterocycles. The van der Waals surface area contributed by atoms with Gasteiger partial charge in [-0.25, -0.2) is 0 Å². The van der Waals surface area contributed by atoms with E-state index in [1.807, 2.05) is 11.0 Å². The van der Waals surface area contributed by atoms with Gasteiger partial charge in [0.1, 0.15) is 0 Å². The zero-order valence-corrected chi connectivity index (χ0v) is 15.1. The van der Waals surface area contributed by atoms with Gasteiger partial charge in [0.15, 0.2) is 0 Å². The average Bonchev–Trinajstić information content (AvgIpc) is 3.15. The lowest BCUT2D eigenvalue weighted by atomic mass is 9.89. The maximum Gasteiger partial charge on any atom is 0.277 e. The Morgan fingerprint density at radius 2 is 1.96 bits per heavy atom. The summed E-state index contributed by atoms with van der Waals surface area (Å²) in [5.41, 5.74) is 2.61. The molecule has 0 spiro atoms. The third-order valence-electron chi connectivity index (χ3n) is 5.18. The largest absolute Gasteiger partial charge is 0.416 e. The van der Waals surface area contributed by atoms with Crippen molar-refractivity contribution in [2.75, 3.05) is 12.3 Å². The van der Waals surface area contributed by atoms with E-state index in [1.54, 1.807) is 0 Å². The number of nitrogens with zero attached hydrogens (tertiary/aromatic N) is 3. The van der Waals surface area contributed by atoms with Crippen LogP contribution in [0.3, 0.4) is 0 Å². The van der Waals surface area contributed by atoms with Gasteiger partial charge in [-0.15, -0.1) is 10.2 Å². The maximum absolute atomic E-state index is 12.5.